The quantitative estimate of drug-likeness (QED) is 0.115. The fraction of sp³-hybridized carbons (Fsp3) is 0.895. The summed E-state index contributed by atoms with van der Waals surface area (Å²) in [5, 5.41) is 9.81. The van der Waals surface area contributed by atoms with E-state index in [2.05, 4.69) is 18.2 Å². The van der Waals surface area contributed by atoms with E-state index in [1.165, 1.54) is 12.8 Å². The van der Waals surface area contributed by atoms with Crippen molar-refractivity contribution < 1.29 is 55.2 Å². The Kier molecular flexibility index (Phi) is 18.4. The van der Waals surface area contributed by atoms with Gasteiger partial charge in [0.05, 0.1) is 16.6 Å². The van der Waals surface area contributed by atoms with Gasteiger partial charge in [-0.3, -0.25) is 9.59 Å². The molecule has 296 valence electrons. The molecular weight excluding hydrogens is 666 g/mol. The van der Waals surface area contributed by atoms with E-state index in [1.807, 2.05) is 34.6 Å². The second kappa shape index (κ2) is 19.2. The van der Waals surface area contributed by atoms with Gasteiger partial charge in [-0.25, -0.2) is 0 Å². The number of allylic oxidation sites excluding steroid dienone is 1. The normalized spacial score (nSPS) is 19.1. The highest BCUT2D eigenvalue weighted by Crippen LogP contribution is 2.40. The first kappa shape index (κ1) is 48.0. The van der Waals surface area contributed by atoms with Gasteiger partial charge in [-0.15, -0.1) is 0 Å². The van der Waals surface area contributed by atoms with Crippen LogP contribution in [0.2, 0.25) is 0 Å². The van der Waals surface area contributed by atoms with Gasteiger partial charge >= 0.3 is 24.3 Å². The van der Waals surface area contributed by atoms with Crippen LogP contribution in [-0.2, 0) is 23.8 Å². The van der Waals surface area contributed by atoms with Crippen LogP contribution in [0.1, 0.15) is 160 Å². The van der Waals surface area contributed by atoms with Gasteiger partial charge < -0.3 is 19.3 Å². The average molecular weight is 733 g/mol. The molecule has 2 unspecified atom stereocenters. The minimum Gasteiger partial charge on any atom is -0.489 e. The van der Waals surface area contributed by atoms with Crippen molar-refractivity contribution in [1.82, 2.24) is 0 Å². The lowest BCUT2D eigenvalue weighted by Gasteiger charge is -2.37. The van der Waals surface area contributed by atoms with E-state index in [4.69, 9.17) is 9.47 Å². The van der Waals surface area contributed by atoms with Crippen LogP contribution in [-0.4, -0.2) is 53.3 Å². The summed E-state index contributed by atoms with van der Waals surface area (Å²) in [4.78, 5) is 24.1. The molecule has 1 N–H and O–H groups in total. The van der Waals surface area contributed by atoms with Crippen molar-refractivity contribution in [2.24, 2.45) is 22.2 Å². The summed E-state index contributed by atoms with van der Waals surface area (Å²) in [6.45, 7) is 21.7. The molecule has 0 amide bonds. The van der Waals surface area contributed by atoms with E-state index < -0.39 is 53.9 Å². The SMILES string of the molecule is C=C(OCC(F)(F)F)C(C)(C)CC.CCC(C)(C)C(=O)OC(CC(C)(O)C(F)(F)F)C1CCCCC1.CCC(C)(C)C(=O)OC1(C)CCCC1. The largest absolute Gasteiger partial charge is 0.489 e. The molecule has 0 spiro atoms. The summed E-state index contributed by atoms with van der Waals surface area (Å²) in [6, 6.07) is 0. The fourth-order valence-electron chi connectivity index (χ4n) is 5.05. The maximum Gasteiger partial charge on any atom is 0.422 e. The third-order valence-electron chi connectivity index (χ3n) is 10.6. The Morgan fingerprint density at radius 3 is 1.60 bits per heavy atom. The van der Waals surface area contributed by atoms with E-state index in [0.29, 0.717) is 12.8 Å². The van der Waals surface area contributed by atoms with E-state index in [9.17, 15) is 41.0 Å². The standard InChI is InChI=1S/C17H29F3O3.C12H22O2.C9H15F3O/c1-5-15(2,3)14(21)23-13(12-9-7-6-8-10-12)11-16(4,22)17(18,19)20;1-5-11(2,3)10(13)14-12(4)8-6-7-9-12;1-5-8(3,4)7(2)13-6-9(10,11)12/h12-13,22H,5-11H2,1-4H3;5-9H2,1-4H3;2,5-6H2,1,3-4H3. The molecule has 0 aromatic rings. The topological polar surface area (TPSA) is 82.1 Å². The molecule has 2 saturated carbocycles. The van der Waals surface area contributed by atoms with Gasteiger partial charge in [0.25, 0.3) is 0 Å². The minimum atomic E-state index is -4.74. The molecule has 0 aromatic heterocycles. The summed E-state index contributed by atoms with van der Waals surface area (Å²) in [7, 11) is 0. The molecule has 0 bridgehead atoms. The number of halogens is 6. The number of ether oxygens (including phenoxy) is 3. The fourth-order valence-corrected chi connectivity index (χ4v) is 5.05. The molecule has 2 rings (SSSR count). The number of rotatable bonds is 13. The predicted molar refractivity (Wildman–Crippen MR) is 184 cm³/mol. The van der Waals surface area contributed by atoms with E-state index in [1.54, 1.807) is 27.7 Å². The van der Waals surface area contributed by atoms with Gasteiger partial charge in [-0.1, -0.05) is 60.5 Å². The number of carbonyl (C=O) groups is 2. The van der Waals surface area contributed by atoms with Crippen molar-refractivity contribution in [3.8, 4) is 0 Å². The molecule has 12 heteroatoms. The average Bonchev–Trinajstić information content (AvgIpc) is 3.44. The number of hydrogen-bond donors (Lipinski definition) is 1. The van der Waals surface area contributed by atoms with Crippen LogP contribution < -0.4 is 0 Å². The van der Waals surface area contributed by atoms with Crippen LogP contribution in [0.5, 0.6) is 0 Å². The number of carbonyl (C=O) groups excluding carboxylic acids is 2. The van der Waals surface area contributed by atoms with Crippen molar-refractivity contribution in [2.75, 3.05) is 6.61 Å². The van der Waals surface area contributed by atoms with Gasteiger partial charge in [0, 0.05) is 11.8 Å². The zero-order chi connectivity index (χ0) is 39.4. The van der Waals surface area contributed by atoms with Gasteiger partial charge in [0.2, 0.25) is 0 Å². The maximum atomic E-state index is 13.0. The summed E-state index contributed by atoms with van der Waals surface area (Å²) in [5.41, 5.74) is -4.50. The lowest BCUT2D eigenvalue weighted by molar-refractivity contribution is -0.264. The third kappa shape index (κ3) is 16.6. The summed E-state index contributed by atoms with van der Waals surface area (Å²) in [5.74, 6) is -0.459. The second-order valence-electron chi connectivity index (χ2n) is 16.4. The molecule has 0 heterocycles. The van der Waals surface area contributed by atoms with Crippen LogP contribution >= 0.6 is 0 Å². The Labute approximate surface area is 297 Å². The van der Waals surface area contributed by atoms with E-state index >= 15 is 0 Å². The molecule has 6 nitrogen and oxygen atoms in total. The van der Waals surface area contributed by atoms with Crippen molar-refractivity contribution in [2.45, 2.75) is 189 Å². The van der Waals surface area contributed by atoms with E-state index in [0.717, 1.165) is 58.3 Å². The summed E-state index contributed by atoms with van der Waals surface area (Å²) in [6.07, 6.45) is 0.337. The van der Waals surface area contributed by atoms with Crippen molar-refractivity contribution in [3.05, 3.63) is 12.3 Å². The van der Waals surface area contributed by atoms with Crippen LogP contribution in [0.3, 0.4) is 0 Å². The number of hydrogen-bond acceptors (Lipinski definition) is 6. The molecule has 0 saturated heterocycles. The third-order valence-corrected chi connectivity index (χ3v) is 10.6. The Hall–Kier alpha value is -1.98. The van der Waals surface area contributed by atoms with Crippen LogP contribution in [0, 0.1) is 22.2 Å². The maximum absolute atomic E-state index is 13.0. The lowest BCUT2D eigenvalue weighted by Crippen LogP contribution is -2.48. The van der Waals surface area contributed by atoms with Crippen molar-refractivity contribution in [1.29, 1.82) is 0 Å². The van der Waals surface area contributed by atoms with Crippen molar-refractivity contribution >= 4 is 11.9 Å². The molecule has 2 atom stereocenters. The number of aliphatic hydroxyl groups is 1. The van der Waals surface area contributed by atoms with E-state index in [-0.39, 0.29) is 28.7 Å². The molecule has 0 radical (unpaired) electrons. The Morgan fingerprint density at radius 1 is 0.760 bits per heavy atom. The molecule has 2 aliphatic carbocycles. The Morgan fingerprint density at radius 2 is 1.20 bits per heavy atom. The lowest BCUT2D eigenvalue weighted by atomic mass is 9.80. The zero-order valence-electron chi connectivity index (χ0n) is 32.5. The molecule has 2 fully saturated rings. The first-order valence-corrected chi connectivity index (χ1v) is 18.1. The molecule has 2 aliphatic rings. The molecular formula is C38H66F6O6. The minimum absolute atomic E-state index is 0.0376. The highest BCUT2D eigenvalue weighted by atomic mass is 19.4. The monoisotopic (exact) mass is 732 g/mol. The first-order chi connectivity index (χ1) is 22.5. The first-order valence-electron chi connectivity index (χ1n) is 18.1. The van der Waals surface area contributed by atoms with Gasteiger partial charge in [0.1, 0.15) is 11.7 Å². The molecule has 0 aromatic carbocycles. The van der Waals surface area contributed by atoms with Gasteiger partial charge in [-0.05, 0) is 105 Å². The van der Waals surface area contributed by atoms with Gasteiger partial charge in [0.15, 0.2) is 12.2 Å². The second-order valence-corrected chi connectivity index (χ2v) is 16.4. The van der Waals surface area contributed by atoms with Crippen molar-refractivity contribution in [3.63, 3.8) is 0 Å². The molecule has 0 aliphatic heterocycles. The smallest absolute Gasteiger partial charge is 0.422 e. The van der Waals surface area contributed by atoms with Gasteiger partial charge in [-0.2, -0.15) is 26.3 Å². The Bertz CT molecular complexity index is 1050. The number of alkyl halides is 6. The highest BCUT2D eigenvalue weighted by Gasteiger charge is 2.52. The summed E-state index contributed by atoms with van der Waals surface area (Å²) >= 11 is 0. The highest BCUT2D eigenvalue weighted by molar-refractivity contribution is 5.76. The Balaban J connectivity index is 0.000000767. The van der Waals surface area contributed by atoms with Crippen LogP contribution in [0.15, 0.2) is 12.3 Å². The van der Waals surface area contributed by atoms with Crippen LogP contribution in [0.4, 0.5) is 26.3 Å². The van der Waals surface area contributed by atoms with Crippen LogP contribution in [0.25, 0.3) is 0 Å². The number of esters is 2. The zero-order valence-corrected chi connectivity index (χ0v) is 32.5. The molecule has 50 heavy (non-hydrogen) atoms. The summed E-state index contributed by atoms with van der Waals surface area (Å²) < 4.78 is 89.9. The predicted octanol–water partition coefficient (Wildman–Crippen LogP) is 11.4.